The first-order chi connectivity index (χ1) is 6.54. The number of fused-ring (bicyclic) bond motifs is 2. The summed E-state index contributed by atoms with van der Waals surface area (Å²) in [6.45, 7) is 1.85. The topological polar surface area (TPSA) is 44.2 Å². The quantitative estimate of drug-likeness (QED) is 0.771. The molecule has 0 spiro atoms. The smallest absolute Gasteiger partial charge is 0.107 e. The van der Waals surface area contributed by atoms with Gasteiger partial charge in [-0.1, -0.05) is 13.3 Å². The summed E-state index contributed by atoms with van der Waals surface area (Å²) in [5.74, 6) is 2.04. The Balaban J connectivity index is 2.10. The number of hydrogen-bond acceptors (Lipinski definition) is 2. The molecule has 2 aliphatic rings. The highest BCUT2D eigenvalue weighted by molar-refractivity contribution is 7.90. The monoisotopic (exact) mass is 216 g/mol. The Kier molecular flexibility index (Phi) is 2.60. The average Bonchev–Trinajstić information content (AvgIpc) is 2.77. The van der Waals surface area contributed by atoms with E-state index in [-0.39, 0.29) is 0 Å². The van der Waals surface area contributed by atoms with Gasteiger partial charge in [-0.2, -0.15) is 0 Å². The van der Waals surface area contributed by atoms with Crippen LogP contribution >= 0.6 is 0 Å². The van der Waals surface area contributed by atoms with Gasteiger partial charge in [-0.15, -0.1) is 0 Å². The molecule has 0 saturated heterocycles. The summed E-state index contributed by atoms with van der Waals surface area (Å²) in [5.41, 5.74) is 0. The van der Waals surface area contributed by atoms with E-state index >= 15 is 0 Å². The summed E-state index contributed by atoms with van der Waals surface area (Å²) in [5, 5.41) is 0. The molecule has 2 rings (SSSR count). The first-order valence-electron chi connectivity index (χ1n) is 5.54. The molecule has 0 heterocycles. The van der Waals surface area contributed by atoms with Gasteiger partial charge in [-0.25, -0.2) is 13.3 Å². The summed E-state index contributed by atoms with van der Waals surface area (Å²) in [7, 11) is -0.592. The molecule has 0 aromatic carbocycles. The van der Waals surface area contributed by atoms with Crippen molar-refractivity contribution in [3.05, 3.63) is 0 Å². The molecule has 3 nitrogen and oxygen atoms in total. The minimum Gasteiger partial charge on any atom is -0.240 e. The van der Waals surface area contributed by atoms with Crippen LogP contribution in [0.15, 0.2) is 0 Å². The molecule has 0 radical (unpaired) electrons. The van der Waals surface area contributed by atoms with E-state index in [0.29, 0.717) is 11.8 Å². The van der Waals surface area contributed by atoms with Crippen LogP contribution in [0.3, 0.4) is 0 Å². The van der Waals surface area contributed by atoms with Gasteiger partial charge in [0.2, 0.25) is 0 Å². The molecule has 1 N–H and O–H groups in total. The third-order valence-electron chi connectivity index (χ3n) is 4.02. The lowest BCUT2D eigenvalue weighted by molar-refractivity contribution is 0.274. The van der Waals surface area contributed by atoms with Crippen molar-refractivity contribution in [3.63, 3.8) is 0 Å². The maximum atomic E-state index is 11.9. The van der Waals surface area contributed by atoms with Crippen LogP contribution in [0.1, 0.15) is 32.6 Å². The van der Waals surface area contributed by atoms with E-state index < -0.39 is 9.92 Å². The van der Waals surface area contributed by atoms with Gasteiger partial charge in [0.1, 0.15) is 9.92 Å². The van der Waals surface area contributed by atoms with Crippen LogP contribution in [0.2, 0.25) is 0 Å². The van der Waals surface area contributed by atoms with Crippen molar-refractivity contribution in [2.45, 2.75) is 38.6 Å². The standard InChI is InChI=1S/C10H20N2OS/c1-3-14(11,13)12(2)10-7-8-4-5-9(10)6-8/h8-11H,3-7H2,1-2H3. The van der Waals surface area contributed by atoms with Gasteiger partial charge in [-0.05, 0) is 31.1 Å². The molecule has 0 aliphatic heterocycles. The van der Waals surface area contributed by atoms with Crippen LogP contribution in [0.5, 0.6) is 0 Å². The second kappa shape index (κ2) is 3.49. The number of hydrogen-bond donors (Lipinski definition) is 1. The van der Waals surface area contributed by atoms with Crippen molar-refractivity contribution in [1.29, 1.82) is 4.78 Å². The van der Waals surface area contributed by atoms with E-state index in [1.165, 1.54) is 25.7 Å². The molecule has 0 amide bonds. The fourth-order valence-corrected chi connectivity index (χ4v) is 4.18. The van der Waals surface area contributed by atoms with Crippen molar-refractivity contribution >= 4 is 9.92 Å². The molecule has 82 valence electrons. The van der Waals surface area contributed by atoms with Crippen molar-refractivity contribution in [2.24, 2.45) is 11.8 Å². The minimum absolute atomic E-state index is 0.429. The number of nitrogens with zero attached hydrogens (tertiary/aromatic N) is 1. The zero-order valence-electron chi connectivity index (χ0n) is 9.03. The molecule has 0 aromatic rings. The predicted octanol–water partition coefficient (Wildman–Crippen LogP) is 2.09. The Morgan fingerprint density at radius 1 is 1.43 bits per heavy atom. The Labute approximate surface area is 87.0 Å². The summed E-state index contributed by atoms with van der Waals surface area (Å²) < 4.78 is 21.5. The second-order valence-electron chi connectivity index (χ2n) is 4.72. The minimum atomic E-state index is -2.47. The highest BCUT2D eigenvalue weighted by Crippen LogP contribution is 2.46. The van der Waals surface area contributed by atoms with Crippen molar-refractivity contribution in [2.75, 3.05) is 12.8 Å². The van der Waals surface area contributed by atoms with Crippen molar-refractivity contribution in [1.82, 2.24) is 4.31 Å². The van der Waals surface area contributed by atoms with Gasteiger partial charge in [0, 0.05) is 18.8 Å². The van der Waals surface area contributed by atoms with E-state index in [9.17, 15) is 4.21 Å². The van der Waals surface area contributed by atoms with Crippen LogP contribution in [0, 0.1) is 16.6 Å². The van der Waals surface area contributed by atoms with Crippen LogP contribution < -0.4 is 0 Å². The van der Waals surface area contributed by atoms with Gasteiger partial charge in [0.15, 0.2) is 0 Å². The highest BCUT2D eigenvalue weighted by Gasteiger charge is 2.43. The molecule has 4 atom stereocenters. The lowest BCUT2D eigenvalue weighted by Crippen LogP contribution is -2.40. The molecule has 14 heavy (non-hydrogen) atoms. The second-order valence-corrected chi connectivity index (χ2v) is 7.15. The zero-order chi connectivity index (χ0) is 10.3. The summed E-state index contributed by atoms with van der Waals surface area (Å²) in [6, 6.07) is 0.429. The zero-order valence-corrected chi connectivity index (χ0v) is 9.85. The average molecular weight is 216 g/mol. The molecule has 2 saturated carbocycles. The fraction of sp³-hybridized carbons (Fsp3) is 1.00. The van der Waals surface area contributed by atoms with E-state index in [4.69, 9.17) is 4.78 Å². The highest BCUT2D eigenvalue weighted by atomic mass is 32.2. The lowest BCUT2D eigenvalue weighted by Gasteiger charge is -2.32. The molecular formula is C10H20N2OS. The normalized spacial score (nSPS) is 40.4. The predicted molar refractivity (Wildman–Crippen MR) is 58.4 cm³/mol. The summed E-state index contributed by atoms with van der Waals surface area (Å²) in [4.78, 5) is 0. The Hall–Kier alpha value is -0.0900. The van der Waals surface area contributed by atoms with Crippen molar-refractivity contribution in [3.8, 4) is 0 Å². The molecular weight excluding hydrogens is 196 g/mol. The maximum absolute atomic E-state index is 11.9. The summed E-state index contributed by atoms with van der Waals surface area (Å²) >= 11 is 0. The SMILES string of the molecule is CCS(=N)(=O)N(C)C1CC2CCC1C2. The fourth-order valence-electron chi connectivity index (χ4n) is 3.08. The van der Waals surface area contributed by atoms with Gasteiger partial charge >= 0.3 is 0 Å². The van der Waals surface area contributed by atoms with E-state index in [1.54, 1.807) is 0 Å². The van der Waals surface area contributed by atoms with Crippen molar-refractivity contribution < 1.29 is 4.21 Å². The maximum Gasteiger partial charge on any atom is 0.107 e. The van der Waals surface area contributed by atoms with Gasteiger partial charge < -0.3 is 0 Å². The van der Waals surface area contributed by atoms with E-state index in [2.05, 4.69) is 0 Å². The number of nitrogens with one attached hydrogen (secondary N) is 1. The van der Waals surface area contributed by atoms with Crippen LogP contribution in [0.25, 0.3) is 0 Å². The van der Waals surface area contributed by atoms with Gasteiger partial charge in [0.25, 0.3) is 0 Å². The van der Waals surface area contributed by atoms with Gasteiger partial charge in [-0.3, -0.25) is 0 Å². The molecule has 0 aromatic heterocycles. The third-order valence-corrected chi connectivity index (χ3v) is 6.01. The van der Waals surface area contributed by atoms with E-state index in [1.807, 2.05) is 18.3 Å². The van der Waals surface area contributed by atoms with Gasteiger partial charge in [0.05, 0.1) is 0 Å². The Morgan fingerprint density at radius 2 is 2.14 bits per heavy atom. The third kappa shape index (κ3) is 1.58. The first-order valence-corrected chi connectivity index (χ1v) is 7.22. The molecule has 4 heteroatoms. The number of rotatable bonds is 3. The lowest BCUT2D eigenvalue weighted by atomic mass is 9.96. The largest absolute Gasteiger partial charge is 0.240 e. The first kappa shape index (κ1) is 10.4. The molecule has 2 bridgehead atoms. The summed E-state index contributed by atoms with van der Waals surface area (Å²) in [6.07, 6.45) is 5.14. The Morgan fingerprint density at radius 3 is 2.57 bits per heavy atom. The molecule has 4 unspecified atom stereocenters. The molecule has 2 aliphatic carbocycles. The Bertz CT molecular complexity index is 312. The van der Waals surface area contributed by atoms with E-state index in [0.717, 1.165) is 11.8 Å². The molecule has 2 fully saturated rings. The van der Waals surface area contributed by atoms with Crippen LogP contribution in [0.4, 0.5) is 0 Å². The van der Waals surface area contributed by atoms with Crippen LogP contribution in [-0.2, 0) is 9.92 Å². The van der Waals surface area contributed by atoms with Crippen LogP contribution in [-0.4, -0.2) is 27.4 Å².